The predicted octanol–water partition coefficient (Wildman–Crippen LogP) is 19.7. The van der Waals surface area contributed by atoms with Crippen LogP contribution in [0.25, 0.3) is 53.4 Å². The highest BCUT2D eigenvalue weighted by atomic mass is 32.1. The number of H-pyrrole nitrogens is 2. The summed E-state index contributed by atoms with van der Waals surface area (Å²) in [5.74, 6) is 0. The summed E-state index contributed by atoms with van der Waals surface area (Å²) in [6.07, 6.45) is 18.2. The molecule has 0 saturated heterocycles. The minimum absolute atomic E-state index is 0.0563. The molecular weight excluding hydrogens is 941 g/mol. The van der Waals surface area contributed by atoms with E-state index in [2.05, 4.69) is 72.1 Å². The van der Waals surface area contributed by atoms with Crippen LogP contribution in [0.15, 0.2) is 36.4 Å². The fourth-order valence-electron chi connectivity index (χ4n) is 9.12. The van der Waals surface area contributed by atoms with Gasteiger partial charge in [0.2, 0.25) is 0 Å². The van der Waals surface area contributed by atoms with E-state index < -0.39 is 23.7 Å². The second-order valence-electron chi connectivity index (χ2n) is 18.8. The molecule has 0 fully saturated rings. The highest BCUT2D eigenvalue weighted by Gasteiger charge is 2.35. The first-order chi connectivity index (χ1) is 33.3. The Balaban J connectivity index is 1.66. The molecular formula is C55H73F6N5S3. The zero-order valence-electron chi connectivity index (χ0n) is 41.5. The highest BCUT2D eigenvalue weighted by Crippen LogP contribution is 2.54. The second-order valence-corrected chi connectivity index (χ2v) is 22.1. The molecule has 0 aliphatic heterocycles. The number of hydrogen-bond acceptors (Lipinski definition) is 6. The van der Waals surface area contributed by atoms with Gasteiger partial charge in [-0.1, -0.05) is 131 Å². The number of aromatic nitrogens is 5. The van der Waals surface area contributed by atoms with Gasteiger partial charge in [-0.05, 0) is 123 Å². The summed E-state index contributed by atoms with van der Waals surface area (Å²) >= 11 is 5.58. The lowest BCUT2D eigenvalue weighted by atomic mass is 9.93. The van der Waals surface area contributed by atoms with Gasteiger partial charge >= 0.3 is 12.4 Å². The van der Waals surface area contributed by atoms with Gasteiger partial charge in [-0.25, -0.2) is 4.98 Å². The molecule has 6 heterocycles. The zero-order valence-corrected chi connectivity index (χ0v) is 43.9. The number of hydrogen-bond donors (Lipinski definition) is 2. The van der Waals surface area contributed by atoms with Crippen LogP contribution in [-0.4, -0.2) is 25.4 Å². The van der Waals surface area contributed by atoms with Crippen molar-refractivity contribution in [2.24, 2.45) is 0 Å². The highest BCUT2D eigenvalue weighted by molar-refractivity contribution is 7.25. The molecule has 378 valence electrons. The number of rotatable bonds is 30. The first kappa shape index (κ1) is 54.6. The predicted molar refractivity (Wildman–Crippen MR) is 279 cm³/mol. The number of aryl methyl sites for hydroxylation is 4. The molecule has 6 rings (SSSR count). The van der Waals surface area contributed by atoms with Gasteiger partial charge in [0.05, 0.1) is 16.3 Å². The Morgan fingerprint density at radius 1 is 0.406 bits per heavy atom. The maximum Gasteiger partial charge on any atom is 0.432 e. The van der Waals surface area contributed by atoms with E-state index in [1.165, 1.54) is 98.0 Å². The molecule has 0 spiro atoms. The van der Waals surface area contributed by atoms with Crippen LogP contribution < -0.4 is 0 Å². The third-order valence-corrected chi connectivity index (χ3v) is 16.9. The first-order valence-corrected chi connectivity index (χ1v) is 28.4. The number of alkyl halides is 6. The van der Waals surface area contributed by atoms with Crippen molar-refractivity contribution in [2.75, 3.05) is 0 Å². The average molecular weight is 1010 g/mol. The van der Waals surface area contributed by atoms with Crippen molar-refractivity contribution < 1.29 is 26.3 Å². The molecule has 0 atom stereocenters. The number of thiophene rings is 3. The Bertz CT molecular complexity index is 2400. The van der Waals surface area contributed by atoms with Crippen LogP contribution in [0.5, 0.6) is 0 Å². The number of nitrogens with one attached hydrogen (secondary N) is 2. The summed E-state index contributed by atoms with van der Waals surface area (Å²) in [5, 5.41) is 12.4. The quantitative estimate of drug-likeness (QED) is 0.0349. The fourth-order valence-corrected chi connectivity index (χ4v) is 13.3. The number of aromatic amines is 2. The molecule has 2 N–H and O–H groups in total. The summed E-state index contributed by atoms with van der Waals surface area (Å²) in [6.45, 7) is 11.2. The molecule has 6 aromatic heterocycles. The van der Waals surface area contributed by atoms with Crippen LogP contribution >= 0.6 is 34.0 Å². The van der Waals surface area contributed by atoms with E-state index in [0.717, 1.165) is 126 Å². The van der Waals surface area contributed by atoms with Crippen molar-refractivity contribution in [2.45, 2.75) is 207 Å². The lowest BCUT2D eigenvalue weighted by molar-refractivity contribution is -0.142. The lowest BCUT2D eigenvalue weighted by Gasteiger charge is -2.12. The van der Waals surface area contributed by atoms with E-state index >= 15 is 0 Å². The average Bonchev–Trinajstić information content (AvgIpc) is 4.18. The third kappa shape index (κ3) is 15.1. The molecule has 0 aromatic carbocycles. The number of halogens is 6. The van der Waals surface area contributed by atoms with Crippen molar-refractivity contribution in [3.05, 3.63) is 74.2 Å². The number of pyridine rings is 1. The Morgan fingerprint density at radius 3 is 1.23 bits per heavy atom. The van der Waals surface area contributed by atoms with Gasteiger partial charge in [0.15, 0.2) is 0 Å². The van der Waals surface area contributed by atoms with E-state index in [9.17, 15) is 26.3 Å². The number of nitrogens with zero attached hydrogens (tertiary/aromatic N) is 3. The molecule has 14 heteroatoms. The molecule has 0 aliphatic rings. The SMILES string of the molecule is CCCCCCc1cc(CCCCCC)c(-c2sc(-c3cc(-c4cc(C(F)(F)F)[nH]n4)nc(-c4cc(C(F)(F)F)[nH]n4)c3)c(CCCCCC)c2-c2sc(CCCCCC)cc2CCCCCC)s1. The smallest absolute Gasteiger partial charge is 0.273 e. The summed E-state index contributed by atoms with van der Waals surface area (Å²) in [6, 6.07) is 10.3. The summed E-state index contributed by atoms with van der Waals surface area (Å²) in [5.41, 5.74) is 3.92. The summed E-state index contributed by atoms with van der Waals surface area (Å²) in [7, 11) is 0. The van der Waals surface area contributed by atoms with Gasteiger partial charge < -0.3 is 0 Å². The van der Waals surface area contributed by atoms with Gasteiger partial charge in [-0.15, -0.1) is 34.0 Å². The normalized spacial score (nSPS) is 12.3. The number of unbranched alkanes of at least 4 members (excludes halogenated alkanes) is 15. The molecule has 5 nitrogen and oxygen atoms in total. The van der Waals surface area contributed by atoms with Gasteiger partial charge in [0.25, 0.3) is 0 Å². The molecule has 0 unspecified atom stereocenters. The van der Waals surface area contributed by atoms with E-state index in [4.69, 9.17) is 0 Å². The van der Waals surface area contributed by atoms with Crippen molar-refractivity contribution in [1.82, 2.24) is 25.4 Å². The molecule has 0 aliphatic carbocycles. The van der Waals surface area contributed by atoms with Crippen LogP contribution in [-0.2, 0) is 44.5 Å². The molecule has 69 heavy (non-hydrogen) atoms. The second kappa shape index (κ2) is 26.6. The van der Waals surface area contributed by atoms with Gasteiger partial charge in [0.1, 0.15) is 22.8 Å². The van der Waals surface area contributed by atoms with Crippen LogP contribution in [0.2, 0.25) is 0 Å². The van der Waals surface area contributed by atoms with E-state index in [1.807, 2.05) is 22.7 Å². The van der Waals surface area contributed by atoms with Crippen molar-refractivity contribution >= 4 is 34.0 Å². The van der Waals surface area contributed by atoms with Gasteiger partial charge in [0, 0.05) is 29.9 Å². The minimum Gasteiger partial charge on any atom is -0.273 e. The van der Waals surface area contributed by atoms with Crippen LogP contribution in [0.4, 0.5) is 26.3 Å². The Labute approximate surface area is 418 Å². The molecule has 6 aromatic rings. The molecule has 0 saturated carbocycles. The molecule has 0 bridgehead atoms. The van der Waals surface area contributed by atoms with Crippen molar-refractivity contribution in [1.29, 1.82) is 0 Å². The largest absolute Gasteiger partial charge is 0.432 e. The molecule has 0 amide bonds. The summed E-state index contributed by atoms with van der Waals surface area (Å²) in [4.78, 5) is 12.3. The first-order valence-electron chi connectivity index (χ1n) is 26.0. The summed E-state index contributed by atoms with van der Waals surface area (Å²) < 4.78 is 84.1. The Morgan fingerprint density at radius 2 is 0.812 bits per heavy atom. The zero-order chi connectivity index (χ0) is 49.4. The fraction of sp³-hybridized carbons (Fsp3) is 0.582. The van der Waals surface area contributed by atoms with Crippen LogP contribution in [0, 0.1) is 0 Å². The Hall–Kier alpha value is -3.75. The topological polar surface area (TPSA) is 70.2 Å². The minimum atomic E-state index is -4.69. The monoisotopic (exact) mass is 1010 g/mol. The molecule has 0 radical (unpaired) electrons. The maximum absolute atomic E-state index is 14.0. The maximum atomic E-state index is 14.0. The Kier molecular flexibility index (Phi) is 21.1. The lowest BCUT2D eigenvalue weighted by Crippen LogP contribution is -2.04. The third-order valence-electron chi connectivity index (χ3n) is 13.0. The van der Waals surface area contributed by atoms with Gasteiger partial charge in [-0.2, -0.15) is 36.5 Å². The van der Waals surface area contributed by atoms with Crippen LogP contribution in [0.1, 0.15) is 201 Å². The van der Waals surface area contributed by atoms with E-state index in [0.29, 0.717) is 5.56 Å². The standard InChI is InChI=1S/C55H73F6N5S3/c1-6-11-16-21-26-37-31-40(28-23-18-13-8-3)67-51(37)49-42(30-25-20-15-10-5)50(69-53(49)52-38(27-22-17-12-7-2)32-41(68-52)29-24-19-14-9-4)39-33-43(45-35-47(65-63-45)54(56,57)58)62-44(34-39)46-36-48(66-64-46)55(59,60)61/h31-36H,6-30H2,1-5H3,(H,63,65)(H,64,66). The van der Waals surface area contributed by atoms with Crippen LogP contribution in [0.3, 0.4) is 0 Å². The van der Waals surface area contributed by atoms with E-state index in [1.54, 1.807) is 23.5 Å². The van der Waals surface area contributed by atoms with Crippen molar-refractivity contribution in [3.63, 3.8) is 0 Å². The van der Waals surface area contributed by atoms with E-state index in [-0.39, 0.29) is 22.8 Å². The van der Waals surface area contributed by atoms with Crippen molar-refractivity contribution in [3.8, 4) is 53.4 Å². The van der Waals surface area contributed by atoms with Gasteiger partial charge in [-0.3, -0.25) is 10.2 Å².